The Morgan fingerprint density at radius 3 is 2.06 bits per heavy atom. The van der Waals surface area contributed by atoms with Crippen molar-refractivity contribution in [3.05, 3.63) is 95.6 Å². The normalized spacial score (nSPS) is 16.0. The fourth-order valence-electron chi connectivity index (χ4n) is 4.71. The van der Waals surface area contributed by atoms with E-state index in [1.54, 1.807) is 24.3 Å². The first-order chi connectivity index (χ1) is 22.0. The summed E-state index contributed by atoms with van der Waals surface area (Å²) < 4.78 is 1.55. The number of allylic oxidation sites excluding steroid dienone is 5. The Morgan fingerprint density at radius 2 is 1.51 bits per heavy atom. The Balaban J connectivity index is 1.25. The molecule has 0 spiro atoms. The fraction of sp³-hybridized carbons (Fsp3) is 0.324. The van der Waals surface area contributed by atoms with E-state index in [0.717, 1.165) is 29.7 Å². The summed E-state index contributed by atoms with van der Waals surface area (Å²) in [4.78, 5) is 39.2. The van der Waals surface area contributed by atoms with Crippen LogP contribution in [-0.4, -0.2) is 40.3 Å². The molecule has 47 heavy (non-hydrogen) atoms. The quantitative estimate of drug-likeness (QED) is 0.0670. The number of benzene rings is 2. The molecule has 13 heteroatoms. The smallest absolute Gasteiger partial charge is 0.311 e. The summed E-state index contributed by atoms with van der Waals surface area (Å²) in [6.07, 6.45) is 12.3. The van der Waals surface area contributed by atoms with Crippen molar-refractivity contribution in [1.82, 2.24) is 15.0 Å². The summed E-state index contributed by atoms with van der Waals surface area (Å²) in [5, 5.41) is 0. The number of hydrogen-bond donors (Lipinski definition) is 0. The van der Waals surface area contributed by atoms with Gasteiger partial charge in [-0.15, -0.1) is 0 Å². The van der Waals surface area contributed by atoms with Crippen LogP contribution >= 0.6 is 69.6 Å². The molecule has 0 bridgehead atoms. The molecule has 2 aromatic carbocycles. The lowest BCUT2D eigenvalue weighted by Crippen LogP contribution is -2.20. The van der Waals surface area contributed by atoms with Gasteiger partial charge in [0.1, 0.15) is 5.75 Å². The van der Waals surface area contributed by atoms with Crippen molar-refractivity contribution in [1.29, 1.82) is 0 Å². The predicted molar refractivity (Wildman–Crippen MR) is 193 cm³/mol. The lowest BCUT2D eigenvalue weighted by molar-refractivity contribution is -0.134. The number of esters is 1. The number of ketones is 1. The molecule has 1 fully saturated rings. The van der Waals surface area contributed by atoms with Gasteiger partial charge < -0.3 is 9.64 Å². The highest BCUT2D eigenvalue weighted by Gasteiger charge is 2.36. The number of ether oxygens (including phenoxy) is 1. The van der Waals surface area contributed by atoms with Crippen LogP contribution in [0.2, 0.25) is 0 Å². The van der Waals surface area contributed by atoms with Crippen LogP contribution in [0.1, 0.15) is 56.7 Å². The van der Waals surface area contributed by atoms with Gasteiger partial charge in [-0.05, 0) is 66.8 Å². The number of nitrogens with zero attached hydrogens (tertiary/aromatic N) is 4. The molecule has 0 radical (unpaired) electrons. The van der Waals surface area contributed by atoms with Crippen molar-refractivity contribution in [3.63, 3.8) is 0 Å². The molecule has 0 N–H and O–H groups in total. The molecular formula is C34H32Cl6N4O3. The fourth-order valence-corrected chi connectivity index (χ4v) is 5.22. The molecule has 1 aliphatic rings. The molecule has 0 atom stereocenters. The number of Topliss-reactive ketones (excluding diaryl/α,β-unsaturated/α-hetero) is 1. The summed E-state index contributed by atoms with van der Waals surface area (Å²) in [5.41, 5.74) is 3.23. The molecule has 0 saturated heterocycles. The number of carbonyl (C=O) groups excluding carboxylic acids is 2. The zero-order chi connectivity index (χ0) is 34.4. The SMILES string of the molecule is CN(CCCC(=O)Oc1ccc(-c2nc(C(Cl)(Cl)Cl)nc(C(Cl)(Cl)Cl)n2)cc1)c1ccc(/C=C/C=C/C=C2\CCC(C)(C)C2=O)cc1. The molecule has 1 heterocycles. The third-order valence-electron chi connectivity index (χ3n) is 7.43. The van der Waals surface area contributed by atoms with Gasteiger partial charge in [-0.25, -0.2) is 15.0 Å². The van der Waals surface area contributed by atoms with E-state index in [9.17, 15) is 9.59 Å². The van der Waals surface area contributed by atoms with Crippen LogP contribution < -0.4 is 9.64 Å². The molecule has 0 unspecified atom stereocenters. The van der Waals surface area contributed by atoms with Crippen LogP contribution in [0.15, 0.2) is 78.4 Å². The second kappa shape index (κ2) is 15.7. The van der Waals surface area contributed by atoms with Crippen LogP contribution in [0, 0.1) is 5.41 Å². The van der Waals surface area contributed by atoms with Crippen molar-refractivity contribution < 1.29 is 14.3 Å². The molecule has 4 rings (SSSR count). The summed E-state index contributed by atoms with van der Waals surface area (Å²) in [7, 11) is 1.97. The van der Waals surface area contributed by atoms with Gasteiger partial charge in [0, 0.05) is 36.7 Å². The minimum absolute atomic E-state index is 0.111. The zero-order valence-corrected chi connectivity index (χ0v) is 30.4. The van der Waals surface area contributed by atoms with E-state index in [-0.39, 0.29) is 41.1 Å². The zero-order valence-electron chi connectivity index (χ0n) is 25.8. The van der Waals surface area contributed by atoms with E-state index < -0.39 is 7.59 Å². The van der Waals surface area contributed by atoms with Crippen molar-refractivity contribution in [2.45, 2.75) is 47.1 Å². The van der Waals surface area contributed by atoms with Crippen LogP contribution in [0.5, 0.6) is 5.75 Å². The minimum Gasteiger partial charge on any atom is -0.427 e. The van der Waals surface area contributed by atoms with E-state index in [4.69, 9.17) is 74.3 Å². The van der Waals surface area contributed by atoms with Gasteiger partial charge in [-0.2, -0.15) is 0 Å². The summed E-state index contributed by atoms with van der Waals surface area (Å²) >= 11 is 35.7. The Bertz CT molecular complexity index is 1640. The maximum atomic E-state index is 12.5. The van der Waals surface area contributed by atoms with Gasteiger partial charge in [0.2, 0.25) is 7.59 Å². The average Bonchev–Trinajstić information content (AvgIpc) is 3.27. The first kappa shape index (κ1) is 37.2. The first-order valence-electron chi connectivity index (χ1n) is 14.6. The molecule has 0 amide bonds. The predicted octanol–water partition coefficient (Wildman–Crippen LogP) is 9.90. The Morgan fingerprint density at radius 1 is 0.894 bits per heavy atom. The number of rotatable bonds is 10. The van der Waals surface area contributed by atoms with Gasteiger partial charge in [0.05, 0.1) is 0 Å². The maximum absolute atomic E-state index is 12.5. The molecule has 3 aromatic rings. The van der Waals surface area contributed by atoms with Crippen LogP contribution in [0.3, 0.4) is 0 Å². The highest BCUT2D eigenvalue weighted by Crippen LogP contribution is 2.41. The van der Waals surface area contributed by atoms with E-state index in [2.05, 4.69) is 19.9 Å². The molecule has 7 nitrogen and oxygen atoms in total. The molecule has 1 aliphatic carbocycles. The second-order valence-electron chi connectivity index (χ2n) is 11.6. The Kier molecular flexibility index (Phi) is 12.4. The molecule has 1 aromatic heterocycles. The van der Waals surface area contributed by atoms with Crippen LogP contribution in [0.4, 0.5) is 5.69 Å². The standard InChI is InChI=1S/C34H32Cl6N4O3/c1-32(2)20-19-23(28(32)46)9-6-4-5-8-22-11-15-25(16-12-22)44(3)21-7-10-27(45)47-26-17-13-24(14-18-26)29-41-30(33(35,36)37)43-31(42-29)34(38,39)40/h4-6,8-9,11-18H,7,10,19-21H2,1-3H3/b6-4+,8-5+,23-9+. The monoisotopic (exact) mass is 754 g/mol. The average molecular weight is 757 g/mol. The van der Waals surface area contributed by atoms with Crippen molar-refractivity contribution in [2.75, 3.05) is 18.5 Å². The number of carbonyl (C=O) groups is 2. The van der Waals surface area contributed by atoms with E-state index >= 15 is 0 Å². The lowest BCUT2D eigenvalue weighted by Gasteiger charge is -2.19. The highest BCUT2D eigenvalue weighted by atomic mass is 35.6. The number of anilines is 1. The van der Waals surface area contributed by atoms with Crippen molar-refractivity contribution in [3.8, 4) is 17.1 Å². The summed E-state index contributed by atoms with van der Waals surface area (Å²) in [5.74, 6) is -0.0844. The largest absolute Gasteiger partial charge is 0.427 e. The third kappa shape index (κ3) is 10.7. The number of halogens is 6. The van der Waals surface area contributed by atoms with Crippen LogP contribution in [-0.2, 0) is 17.2 Å². The summed E-state index contributed by atoms with van der Waals surface area (Å²) in [6.45, 7) is 4.66. The third-order valence-corrected chi connectivity index (χ3v) is 8.44. The van der Waals surface area contributed by atoms with Gasteiger partial charge in [-0.3, -0.25) is 9.59 Å². The maximum Gasteiger partial charge on any atom is 0.311 e. The molecule has 248 valence electrons. The minimum atomic E-state index is -1.97. The molecule has 1 saturated carbocycles. The summed E-state index contributed by atoms with van der Waals surface area (Å²) in [6, 6.07) is 14.6. The van der Waals surface area contributed by atoms with E-state index in [1.807, 2.05) is 75.5 Å². The first-order valence-corrected chi connectivity index (χ1v) is 16.9. The topological polar surface area (TPSA) is 85.3 Å². The van der Waals surface area contributed by atoms with Gasteiger partial charge in [0.25, 0.3) is 0 Å². The number of alkyl halides is 6. The lowest BCUT2D eigenvalue weighted by atomic mass is 9.90. The van der Waals surface area contributed by atoms with Gasteiger partial charge in [-0.1, -0.05) is 126 Å². The Labute approximate surface area is 304 Å². The van der Waals surface area contributed by atoms with Crippen molar-refractivity contribution >= 4 is 93.1 Å². The molecular weight excluding hydrogens is 725 g/mol. The second-order valence-corrected chi connectivity index (χ2v) is 16.1. The van der Waals surface area contributed by atoms with Gasteiger partial charge >= 0.3 is 5.97 Å². The Hall–Kier alpha value is -2.65. The number of hydrogen-bond acceptors (Lipinski definition) is 7. The van der Waals surface area contributed by atoms with Gasteiger partial charge in [0.15, 0.2) is 23.3 Å². The van der Waals surface area contributed by atoms with E-state index in [0.29, 0.717) is 24.3 Å². The van der Waals surface area contributed by atoms with Crippen molar-refractivity contribution in [2.24, 2.45) is 5.41 Å². The highest BCUT2D eigenvalue weighted by molar-refractivity contribution is 6.67. The van der Waals surface area contributed by atoms with E-state index in [1.165, 1.54) is 0 Å². The number of aromatic nitrogens is 3. The molecule has 0 aliphatic heterocycles. The van der Waals surface area contributed by atoms with Crippen LogP contribution in [0.25, 0.3) is 17.5 Å².